The molecule has 0 fully saturated rings. The van der Waals surface area contributed by atoms with Crippen LogP contribution < -0.4 is 14.2 Å². The molecule has 0 aliphatic heterocycles. The maximum Gasteiger partial charge on any atom is 0.124 e. The Morgan fingerprint density at radius 2 is 1.38 bits per heavy atom. The zero-order valence-electron chi connectivity index (χ0n) is 12.6. The molecule has 0 saturated carbocycles. The molecule has 2 aromatic rings. The van der Waals surface area contributed by atoms with E-state index in [0.29, 0.717) is 0 Å². The number of rotatable bonds is 5. The van der Waals surface area contributed by atoms with Crippen molar-refractivity contribution in [3.05, 3.63) is 53.1 Å². The maximum atomic E-state index is 6.68. The second-order valence-corrected chi connectivity index (χ2v) is 5.15. The van der Waals surface area contributed by atoms with E-state index in [0.717, 1.165) is 33.9 Å². The molecule has 2 rings (SSSR count). The molecule has 0 aliphatic carbocycles. The van der Waals surface area contributed by atoms with Crippen molar-refractivity contribution in [3.8, 4) is 17.2 Å². The molecule has 112 valence electrons. The van der Waals surface area contributed by atoms with E-state index in [2.05, 4.69) is 0 Å². The molecule has 4 heteroatoms. The summed E-state index contributed by atoms with van der Waals surface area (Å²) in [7, 11) is 4.89. The van der Waals surface area contributed by atoms with Crippen molar-refractivity contribution in [2.75, 3.05) is 21.3 Å². The summed E-state index contributed by atoms with van der Waals surface area (Å²) < 4.78 is 16.1. The minimum Gasteiger partial charge on any atom is -0.497 e. The summed E-state index contributed by atoms with van der Waals surface area (Å²) in [6, 6.07) is 11.5. The summed E-state index contributed by atoms with van der Waals surface area (Å²) in [6.45, 7) is 2.02. The zero-order valence-corrected chi connectivity index (χ0v) is 13.4. The highest BCUT2D eigenvalue weighted by Crippen LogP contribution is 2.41. The largest absolute Gasteiger partial charge is 0.497 e. The van der Waals surface area contributed by atoms with Crippen molar-refractivity contribution in [2.24, 2.45) is 0 Å². The standard InChI is InChI=1S/C17H19ClO3/c1-11-5-7-15(20-3)13(9-11)17(18)14-10-12(19-2)6-8-16(14)21-4/h5-10,17H,1-4H3. The molecule has 0 amide bonds. The molecule has 1 atom stereocenters. The lowest BCUT2D eigenvalue weighted by molar-refractivity contribution is 0.397. The first-order valence-corrected chi connectivity index (χ1v) is 7.05. The van der Waals surface area contributed by atoms with Gasteiger partial charge in [0.1, 0.15) is 17.2 Å². The van der Waals surface area contributed by atoms with Gasteiger partial charge in [0.25, 0.3) is 0 Å². The Hall–Kier alpha value is -1.87. The van der Waals surface area contributed by atoms with Gasteiger partial charge in [0.15, 0.2) is 0 Å². The number of methoxy groups -OCH3 is 3. The van der Waals surface area contributed by atoms with Crippen molar-refractivity contribution < 1.29 is 14.2 Å². The minimum absolute atomic E-state index is 0.384. The Morgan fingerprint density at radius 1 is 0.810 bits per heavy atom. The Labute approximate surface area is 130 Å². The third-order valence-corrected chi connectivity index (χ3v) is 3.84. The van der Waals surface area contributed by atoms with Crippen LogP contribution in [0.2, 0.25) is 0 Å². The van der Waals surface area contributed by atoms with Crippen LogP contribution in [0.3, 0.4) is 0 Å². The summed E-state index contributed by atoms with van der Waals surface area (Å²) in [4.78, 5) is 0. The van der Waals surface area contributed by atoms with Gasteiger partial charge in [-0.3, -0.25) is 0 Å². The van der Waals surface area contributed by atoms with Crippen molar-refractivity contribution in [1.29, 1.82) is 0 Å². The molecular weight excluding hydrogens is 288 g/mol. The molecule has 0 saturated heterocycles. The lowest BCUT2D eigenvalue weighted by Gasteiger charge is -2.18. The fraction of sp³-hybridized carbons (Fsp3) is 0.294. The van der Waals surface area contributed by atoms with Crippen molar-refractivity contribution in [3.63, 3.8) is 0 Å². The fourth-order valence-electron chi connectivity index (χ4n) is 2.26. The summed E-state index contributed by atoms with van der Waals surface area (Å²) in [5, 5.41) is -0.384. The van der Waals surface area contributed by atoms with Gasteiger partial charge in [0.2, 0.25) is 0 Å². The molecule has 0 radical (unpaired) electrons. The van der Waals surface area contributed by atoms with Crippen LogP contribution in [0.15, 0.2) is 36.4 Å². The molecule has 0 aromatic heterocycles. The summed E-state index contributed by atoms with van der Waals surface area (Å²) in [6.07, 6.45) is 0. The number of hydrogen-bond acceptors (Lipinski definition) is 3. The average molecular weight is 307 g/mol. The Kier molecular flexibility index (Phi) is 4.97. The molecule has 3 nitrogen and oxygen atoms in total. The van der Waals surface area contributed by atoms with Crippen molar-refractivity contribution in [1.82, 2.24) is 0 Å². The first-order chi connectivity index (χ1) is 10.1. The van der Waals surface area contributed by atoms with Crippen LogP contribution in [0.4, 0.5) is 0 Å². The monoisotopic (exact) mass is 306 g/mol. The van der Waals surface area contributed by atoms with E-state index in [-0.39, 0.29) is 5.38 Å². The van der Waals surface area contributed by atoms with Gasteiger partial charge in [0.05, 0.1) is 26.7 Å². The van der Waals surface area contributed by atoms with Crippen LogP contribution in [-0.2, 0) is 0 Å². The smallest absolute Gasteiger partial charge is 0.124 e. The number of hydrogen-bond donors (Lipinski definition) is 0. The average Bonchev–Trinajstić information content (AvgIpc) is 2.53. The van der Waals surface area contributed by atoms with Gasteiger partial charge in [-0.25, -0.2) is 0 Å². The molecule has 0 bridgehead atoms. The van der Waals surface area contributed by atoms with Gasteiger partial charge >= 0.3 is 0 Å². The Morgan fingerprint density at radius 3 is 1.95 bits per heavy atom. The Bertz CT molecular complexity index is 625. The lowest BCUT2D eigenvalue weighted by atomic mass is 10.0. The van der Waals surface area contributed by atoms with E-state index in [9.17, 15) is 0 Å². The molecule has 0 spiro atoms. The zero-order chi connectivity index (χ0) is 15.4. The number of ether oxygens (including phenoxy) is 3. The highest BCUT2D eigenvalue weighted by molar-refractivity contribution is 6.23. The van der Waals surface area contributed by atoms with Crippen molar-refractivity contribution >= 4 is 11.6 Å². The van der Waals surface area contributed by atoms with Gasteiger partial charge in [0, 0.05) is 11.1 Å². The SMILES string of the molecule is COc1ccc(OC)c(C(Cl)c2cc(C)ccc2OC)c1. The minimum atomic E-state index is -0.384. The van der Waals surface area contributed by atoms with Gasteiger partial charge < -0.3 is 14.2 Å². The number of aryl methyl sites for hydroxylation is 1. The number of benzene rings is 2. The van der Waals surface area contributed by atoms with Gasteiger partial charge in [-0.15, -0.1) is 11.6 Å². The predicted molar refractivity (Wildman–Crippen MR) is 85.0 cm³/mol. The quantitative estimate of drug-likeness (QED) is 0.769. The molecule has 21 heavy (non-hydrogen) atoms. The first-order valence-electron chi connectivity index (χ1n) is 6.61. The van der Waals surface area contributed by atoms with Gasteiger partial charge in [-0.05, 0) is 31.2 Å². The fourth-order valence-corrected chi connectivity index (χ4v) is 2.60. The summed E-state index contributed by atoms with van der Waals surface area (Å²) in [5.41, 5.74) is 2.88. The van der Waals surface area contributed by atoms with Gasteiger partial charge in [-0.1, -0.05) is 17.7 Å². The molecule has 0 heterocycles. The predicted octanol–water partition coefficient (Wildman–Crippen LogP) is 4.35. The highest BCUT2D eigenvalue weighted by atomic mass is 35.5. The second kappa shape index (κ2) is 6.72. The van der Waals surface area contributed by atoms with Crippen LogP contribution in [0, 0.1) is 6.92 Å². The lowest BCUT2D eigenvalue weighted by Crippen LogP contribution is -2.01. The summed E-state index contributed by atoms with van der Waals surface area (Å²) >= 11 is 6.68. The normalized spacial score (nSPS) is 11.9. The van der Waals surface area contributed by atoms with Crippen LogP contribution in [0.25, 0.3) is 0 Å². The maximum absolute atomic E-state index is 6.68. The third kappa shape index (κ3) is 3.24. The molecular formula is C17H19ClO3. The topological polar surface area (TPSA) is 27.7 Å². The van der Waals surface area contributed by atoms with E-state index in [1.54, 1.807) is 21.3 Å². The van der Waals surface area contributed by atoms with Crippen LogP contribution in [-0.4, -0.2) is 21.3 Å². The molecule has 0 aliphatic rings. The van der Waals surface area contributed by atoms with E-state index in [1.807, 2.05) is 43.3 Å². The first kappa shape index (κ1) is 15.5. The van der Waals surface area contributed by atoms with E-state index < -0.39 is 0 Å². The van der Waals surface area contributed by atoms with Crippen LogP contribution in [0.1, 0.15) is 22.1 Å². The highest BCUT2D eigenvalue weighted by Gasteiger charge is 2.20. The summed E-state index contributed by atoms with van der Waals surface area (Å²) in [5.74, 6) is 2.22. The number of halogens is 1. The van der Waals surface area contributed by atoms with E-state index in [1.165, 1.54) is 0 Å². The van der Waals surface area contributed by atoms with E-state index in [4.69, 9.17) is 25.8 Å². The van der Waals surface area contributed by atoms with Crippen molar-refractivity contribution in [2.45, 2.75) is 12.3 Å². The molecule has 2 aromatic carbocycles. The molecule has 1 unspecified atom stereocenters. The number of alkyl halides is 1. The molecule has 0 N–H and O–H groups in total. The van der Waals surface area contributed by atoms with E-state index >= 15 is 0 Å². The second-order valence-electron chi connectivity index (χ2n) is 4.72. The Balaban J connectivity index is 2.53. The third-order valence-electron chi connectivity index (χ3n) is 3.37. The van der Waals surface area contributed by atoms with Crippen LogP contribution in [0.5, 0.6) is 17.2 Å². The van der Waals surface area contributed by atoms with Gasteiger partial charge in [-0.2, -0.15) is 0 Å². The van der Waals surface area contributed by atoms with Crippen LogP contribution >= 0.6 is 11.6 Å².